The Morgan fingerprint density at radius 1 is 1.35 bits per heavy atom. The first-order valence-electron chi connectivity index (χ1n) is 6.13. The Hall–Kier alpha value is -1.03. The van der Waals surface area contributed by atoms with E-state index in [1.165, 1.54) is 0 Å². The van der Waals surface area contributed by atoms with Crippen molar-refractivity contribution in [2.24, 2.45) is 0 Å². The third-order valence-electron chi connectivity index (χ3n) is 2.88. The first-order valence-corrected chi connectivity index (χ1v) is 6.51. The normalized spacial score (nSPS) is 10.7. The van der Waals surface area contributed by atoms with Gasteiger partial charge in [0.05, 0.1) is 6.20 Å². The van der Waals surface area contributed by atoms with Gasteiger partial charge in [0.25, 0.3) is 0 Å². The van der Waals surface area contributed by atoms with Crippen molar-refractivity contribution in [3.63, 3.8) is 0 Å². The monoisotopic (exact) mass is 256 g/mol. The molecule has 1 aromatic heterocycles. The lowest BCUT2D eigenvalue weighted by atomic mass is 10.1. The Bertz CT molecular complexity index is 352. The predicted octanol–water partition coefficient (Wildman–Crippen LogP) is 3.19. The van der Waals surface area contributed by atoms with Crippen LogP contribution in [0.4, 0.5) is 11.8 Å². The van der Waals surface area contributed by atoms with Crippen LogP contribution in [-0.2, 0) is 0 Å². The molecule has 0 saturated heterocycles. The van der Waals surface area contributed by atoms with Gasteiger partial charge in [-0.3, -0.25) is 0 Å². The molecule has 96 valence electrons. The van der Waals surface area contributed by atoms with Crippen LogP contribution in [-0.4, -0.2) is 29.6 Å². The van der Waals surface area contributed by atoms with E-state index >= 15 is 0 Å². The van der Waals surface area contributed by atoms with E-state index in [-0.39, 0.29) is 0 Å². The van der Waals surface area contributed by atoms with Crippen LogP contribution in [0.5, 0.6) is 0 Å². The first kappa shape index (κ1) is 14.0. The molecule has 1 heterocycles. The third-order valence-corrected chi connectivity index (χ3v) is 3.15. The van der Waals surface area contributed by atoms with Crippen LogP contribution < -0.4 is 10.2 Å². The molecule has 0 bridgehead atoms. The lowest BCUT2D eigenvalue weighted by molar-refractivity contribution is 0.586. The molecule has 0 atom stereocenters. The van der Waals surface area contributed by atoms with Gasteiger partial charge in [0.15, 0.2) is 5.82 Å². The zero-order valence-corrected chi connectivity index (χ0v) is 11.8. The number of nitrogens with zero attached hydrogens (tertiary/aromatic N) is 3. The summed E-state index contributed by atoms with van der Waals surface area (Å²) < 4.78 is 0. The van der Waals surface area contributed by atoms with Crippen molar-refractivity contribution in [2.45, 2.75) is 39.7 Å². The van der Waals surface area contributed by atoms with E-state index in [0.29, 0.717) is 17.0 Å². The lowest BCUT2D eigenvalue weighted by Gasteiger charge is -2.28. The molecule has 0 aliphatic heterocycles. The zero-order chi connectivity index (χ0) is 12.8. The minimum absolute atomic E-state index is 0.455. The molecule has 0 aliphatic carbocycles. The van der Waals surface area contributed by atoms with Crippen molar-refractivity contribution in [3.05, 3.63) is 11.2 Å². The number of aromatic nitrogens is 2. The minimum Gasteiger partial charge on any atom is -0.355 e. The number of hydrogen-bond donors (Lipinski definition) is 1. The number of anilines is 2. The smallest absolute Gasteiger partial charge is 0.224 e. The summed E-state index contributed by atoms with van der Waals surface area (Å²) in [6, 6.07) is 0.455. The van der Waals surface area contributed by atoms with Crippen LogP contribution in [0.2, 0.25) is 5.02 Å². The molecule has 0 unspecified atom stereocenters. The maximum Gasteiger partial charge on any atom is 0.224 e. The Kier molecular flexibility index (Phi) is 5.48. The van der Waals surface area contributed by atoms with Crippen LogP contribution in [0, 0.1) is 0 Å². The van der Waals surface area contributed by atoms with Crippen LogP contribution in [0.1, 0.15) is 33.6 Å². The number of hydrogen-bond acceptors (Lipinski definition) is 4. The molecular weight excluding hydrogens is 236 g/mol. The van der Waals surface area contributed by atoms with Gasteiger partial charge >= 0.3 is 0 Å². The molecule has 5 heteroatoms. The Morgan fingerprint density at radius 3 is 2.53 bits per heavy atom. The van der Waals surface area contributed by atoms with E-state index in [1.807, 2.05) is 14.0 Å². The molecule has 0 aliphatic rings. The molecule has 0 saturated carbocycles. The minimum atomic E-state index is 0.455. The molecule has 1 aromatic rings. The summed E-state index contributed by atoms with van der Waals surface area (Å²) in [5.74, 6) is 1.43. The average molecular weight is 257 g/mol. The Morgan fingerprint density at radius 2 is 2.00 bits per heavy atom. The molecule has 0 aromatic carbocycles. The van der Waals surface area contributed by atoms with Gasteiger partial charge in [0.1, 0.15) is 5.02 Å². The number of rotatable bonds is 6. The molecule has 0 fully saturated rings. The predicted molar refractivity (Wildman–Crippen MR) is 74.0 cm³/mol. The SMILES string of the molecule is CCNc1ncc(Cl)c(N(C)C(CC)CC)n1. The van der Waals surface area contributed by atoms with Gasteiger partial charge in [-0.2, -0.15) is 4.98 Å². The van der Waals surface area contributed by atoms with Gasteiger partial charge < -0.3 is 10.2 Å². The maximum absolute atomic E-state index is 6.15. The van der Waals surface area contributed by atoms with Gasteiger partial charge in [0.2, 0.25) is 5.95 Å². The summed E-state index contributed by atoms with van der Waals surface area (Å²) in [5, 5.41) is 3.70. The van der Waals surface area contributed by atoms with E-state index in [4.69, 9.17) is 11.6 Å². The summed E-state index contributed by atoms with van der Waals surface area (Å²) in [6.45, 7) is 7.16. The third kappa shape index (κ3) is 3.46. The average Bonchev–Trinajstić information content (AvgIpc) is 2.33. The largest absolute Gasteiger partial charge is 0.355 e. The highest BCUT2D eigenvalue weighted by molar-refractivity contribution is 6.32. The molecule has 0 spiro atoms. The quantitative estimate of drug-likeness (QED) is 0.849. The topological polar surface area (TPSA) is 41.1 Å². The maximum atomic E-state index is 6.15. The van der Waals surface area contributed by atoms with Gasteiger partial charge in [-0.05, 0) is 19.8 Å². The summed E-state index contributed by atoms with van der Waals surface area (Å²) in [7, 11) is 2.03. The first-order chi connectivity index (χ1) is 8.13. The summed E-state index contributed by atoms with van der Waals surface area (Å²) in [4.78, 5) is 10.7. The Labute approximate surface area is 108 Å². The van der Waals surface area contributed by atoms with Crippen LogP contribution in [0.3, 0.4) is 0 Å². The number of nitrogens with one attached hydrogen (secondary N) is 1. The van der Waals surface area contributed by atoms with Gasteiger partial charge in [-0.25, -0.2) is 4.98 Å². The molecule has 1 rings (SSSR count). The standard InChI is InChI=1S/C12H21ClN4/c1-5-9(6-2)17(4)11-10(13)8-15-12(16-11)14-7-3/h8-9H,5-7H2,1-4H3,(H,14,15,16). The fourth-order valence-corrected chi connectivity index (χ4v) is 2.08. The molecule has 0 amide bonds. The van der Waals surface area contributed by atoms with Crippen molar-refractivity contribution in [1.29, 1.82) is 0 Å². The molecule has 0 radical (unpaired) electrons. The van der Waals surface area contributed by atoms with E-state index in [0.717, 1.165) is 25.2 Å². The summed E-state index contributed by atoms with van der Waals surface area (Å²) in [6.07, 6.45) is 3.80. The highest BCUT2D eigenvalue weighted by atomic mass is 35.5. The van der Waals surface area contributed by atoms with Crippen molar-refractivity contribution in [1.82, 2.24) is 9.97 Å². The van der Waals surface area contributed by atoms with Crippen molar-refractivity contribution < 1.29 is 0 Å². The van der Waals surface area contributed by atoms with E-state index in [2.05, 4.69) is 34.0 Å². The van der Waals surface area contributed by atoms with Gasteiger partial charge in [0, 0.05) is 19.6 Å². The fourth-order valence-electron chi connectivity index (χ4n) is 1.86. The highest BCUT2D eigenvalue weighted by Gasteiger charge is 2.16. The van der Waals surface area contributed by atoms with Crippen molar-refractivity contribution in [3.8, 4) is 0 Å². The second-order valence-corrected chi connectivity index (χ2v) is 4.38. The molecule has 1 N–H and O–H groups in total. The second-order valence-electron chi connectivity index (χ2n) is 3.98. The fraction of sp³-hybridized carbons (Fsp3) is 0.667. The van der Waals surface area contributed by atoms with E-state index in [1.54, 1.807) is 6.20 Å². The zero-order valence-electron chi connectivity index (χ0n) is 11.0. The van der Waals surface area contributed by atoms with E-state index in [9.17, 15) is 0 Å². The Balaban J connectivity index is 2.98. The highest BCUT2D eigenvalue weighted by Crippen LogP contribution is 2.25. The molecule has 17 heavy (non-hydrogen) atoms. The molecule has 4 nitrogen and oxygen atoms in total. The number of halogens is 1. The van der Waals surface area contributed by atoms with Crippen molar-refractivity contribution >= 4 is 23.4 Å². The second kappa shape index (κ2) is 6.64. The van der Waals surface area contributed by atoms with Crippen LogP contribution in [0.15, 0.2) is 6.20 Å². The molecular formula is C12H21ClN4. The van der Waals surface area contributed by atoms with Gasteiger partial charge in [-0.1, -0.05) is 25.4 Å². The summed E-state index contributed by atoms with van der Waals surface area (Å²) >= 11 is 6.15. The summed E-state index contributed by atoms with van der Waals surface area (Å²) in [5.41, 5.74) is 0. The van der Waals surface area contributed by atoms with Crippen LogP contribution in [0.25, 0.3) is 0 Å². The van der Waals surface area contributed by atoms with E-state index < -0.39 is 0 Å². The van der Waals surface area contributed by atoms with Crippen molar-refractivity contribution in [2.75, 3.05) is 23.8 Å². The lowest BCUT2D eigenvalue weighted by Crippen LogP contribution is -2.31. The van der Waals surface area contributed by atoms with Gasteiger partial charge in [-0.15, -0.1) is 0 Å². The van der Waals surface area contributed by atoms with Crippen LogP contribution >= 0.6 is 11.6 Å².